The lowest BCUT2D eigenvalue weighted by atomic mass is 10.3. The fraction of sp³-hybridized carbons (Fsp3) is 0.600. The predicted molar refractivity (Wildman–Crippen MR) is 87.5 cm³/mol. The number of nitrogens with one attached hydrogen (secondary N) is 1. The van der Waals surface area contributed by atoms with Gasteiger partial charge in [-0.1, -0.05) is 6.92 Å². The van der Waals surface area contributed by atoms with Gasteiger partial charge in [0.15, 0.2) is 0 Å². The molecule has 3 rings (SSSR count). The lowest BCUT2D eigenvalue weighted by Gasteiger charge is -2.15. The van der Waals surface area contributed by atoms with Gasteiger partial charge in [0.1, 0.15) is 11.4 Å². The maximum Gasteiger partial charge on any atom is 0.227 e. The van der Waals surface area contributed by atoms with Gasteiger partial charge < -0.3 is 15.0 Å². The molecule has 2 heterocycles. The standard InChI is InChI=1S/C15H22N4OS/c1-4-11-9-12-13(17-15(16-2)18-14(12)21-11)20-8-7-19(3)10-5-6-10/h9-10H,4-8H2,1-3H3,(H,16,17,18). The number of ether oxygens (including phenoxy) is 1. The number of aryl methyl sites for hydroxylation is 1. The molecule has 1 saturated carbocycles. The Kier molecular flexibility index (Phi) is 4.26. The van der Waals surface area contributed by atoms with Crippen LogP contribution in [0.25, 0.3) is 10.2 Å². The van der Waals surface area contributed by atoms with E-state index in [9.17, 15) is 0 Å². The molecule has 0 atom stereocenters. The van der Waals surface area contributed by atoms with E-state index in [0.717, 1.165) is 29.2 Å². The highest BCUT2D eigenvalue weighted by Gasteiger charge is 2.25. The Morgan fingerprint density at radius 2 is 2.24 bits per heavy atom. The molecule has 0 bridgehead atoms. The quantitative estimate of drug-likeness (QED) is 0.852. The van der Waals surface area contributed by atoms with Crippen molar-refractivity contribution in [3.8, 4) is 5.88 Å². The number of likely N-dealkylation sites (N-methyl/N-ethyl adjacent to an activating group) is 1. The largest absolute Gasteiger partial charge is 0.476 e. The molecular weight excluding hydrogens is 284 g/mol. The van der Waals surface area contributed by atoms with Gasteiger partial charge in [-0.2, -0.15) is 4.98 Å². The van der Waals surface area contributed by atoms with Crippen LogP contribution in [0.1, 0.15) is 24.6 Å². The van der Waals surface area contributed by atoms with Crippen molar-refractivity contribution in [2.24, 2.45) is 0 Å². The molecule has 21 heavy (non-hydrogen) atoms. The number of anilines is 1. The summed E-state index contributed by atoms with van der Waals surface area (Å²) in [7, 11) is 4.00. The zero-order valence-corrected chi connectivity index (χ0v) is 13.7. The highest BCUT2D eigenvalue weighted by molar-refractivity contribution is 7.18. The zero-order chi connectivity index (χ0) is 14.8. The molecule has 1 aliphatic carbocycles. The predicted octanol–water partition coefficient (Wildman–Crippen LogP) is 2.77. The van der Waals surface area contributed by atoms with E-state index in [4.69, 9.17) is 4.74 Å². The monoisotopic (exact) mass is 306 g/mol. The first-order chi connectivity index (χ1) is 10.2. The minimum atomic E-state index is 0.623. The van der Waals surface area contributed by atoms with Gasteiger partial charge >= 0.3 is 0 Å². The Balaban J connectivity index is 1.76. The molecule has 2 aromatic rings. The summed E-state index contributed by atoms with van der Waals surface area (Å²) in [6.07, 6.45) is 3.66. The number of rotatable bonds is 7. The molecule has 5 nitrogen and oxygen atoms in total. The van der Waals surface area contributed by atoms with Crippen molar-refractivity contribution in [3.05, 3.63) is 10.9 Å². The van der Waals surface area contributed by atoms with E-state index < -0.39 is 0 Å². The molecule has 1 N–H and O–H groups in total. The first-order valence-electron chi connectivity index (χ1n) is 7.52. The number of thiophene rings is 1. The van der Waals surface area contributed by atoms with Gasteiger partial charge in [0, 0.05) is 24.5 Å². The highest BCUT2D eigenvalue weighted by Crippen LogP contribution is 2.31. The van der Waals surface area contributed by atoms with Crippen LogP contribution in [0, 0.1) is 0 Å². The van der Waals surface area contributed by atoms with Crippen LogP contribution < -0.4 is 10.1 Å². The average molecular weight is 306 g/mol. The third kappa shape index (κ3) is 3.27. The molecular formula is C15H22N4OS. The summed E-state index contributed by atoms with van der Waals surface area (Å²) in [6.45, 7) is 3.76. The van der Waals surface area contributed by atoms with Gasteiger partial charge in [-0.25, -0.2) is 4.98 Å². The molecule has 0 saturated heterocycles. The summed E-state index contributed by atoms with van der Waals surface area (Å²) in [4.78, 5) is 13.7. The lowest BCUT2D eigenvalue weighted by Crippen LogP contribution is -2.26. The Labute approximate surface area is 129 Å². The van der Waals surface area contributed by atoms with E-state index >= 15 is 0 Å². The van der Waals surface area contributed by atoms with Crippen molar-refractivity contribution in [2.45, 2.75) is 32.2 Å². The maximum atomic E-state index is 5.94. The highest BCUT2D eigenvalue weighted by atomic mass is 32.1. The summed E-state index contributed by atoms with van der Waals surface area (Å²) < 4.78 is 5.94. The van der Waals surface area contributed by atoms with Crippen molar-refractivity contribution < 1.29 is 4.74 Å². The lowest BCUT2D eigenvalue weighted by molar-refractivity contribution is 0.228. The minimum absolute atomic E-state index is 0.623. The summed E-state index contributed by atoms with van der Waals surface area (Å²) >= 11 is 1.71. The molecule has 0 spiro atoms. The topological polar surface area (TPSA) is 50.3 Å². The number of hydrogen-bond acceptors (Lipinski definition) is 6. The molecule has 0 aliphatic heterocycles. The van der Waals surface area contributed by atoms with Crippen molar-refractivity contribution in [1.29, 1.82) is 0 Å². The van der Waals surface area contributed by atoms with Crippen LogP contribution >= 0.6 is 11.3 Å². The number of hydrogen-bond donors (Lipinski definition) is 1. The van der Waals surface area contributed by atoms with Crippen LogP contribution in [0.4, 0.5) is 5.95 Å². The molecule has 0 unspecified atom stereocenters. The van der Waals surface area contributed by atoms with Gasteiger partial charge in [-0.15, -0.1) is 11.3 Å². The molecule has 2 aromatic heterocycles. The first kappa shape index (κ1) is 14.5. The molecule has 0 amide bonds. The second-order valence-corrected chi connectivity index (χ2v) is 6.56. The average Bonchev–Trinajstić information content (AvgIpc) is 3.26. The van der Waals surface area contributed by atoms with E-state index in [-0.39, 0.29) is 0 Å². The normalized spacial score (nSPS) is 14.9. The second kappa shape index (κ2) is 6.15. The van der Waals surface area contributed by atoms with E-state index in [1.54, 1.807) is 11.3 Å². The van der Waals surface area contributed by atoms with Crippen molar-refractivity contribution in [3.63, 3.8) is 0 Å². The van der Waals surface area contributed by atoms with Crippen molar-refractivity contribution >= 4 is 27.5 Å². The van der Waals surface area contributed by atoms with E-state index in [1.807, 2.05) is 7.05 Å². The summed E-state index contributed by atoms with van der Waals surface area (Å²) in [5, 5.41) is 4.04. The van der Waals surface area contributed by atoms with Gasteiger partial charge in [0.2, 0.25) is 11.8 Å². The van der Waals surface area contributed by atoms with E-state index in [0.29, 0.717) is 18.4 Å². The van der Waals surface area contributed by atoms with Crippen molar-refractivity contribution in [2.75, 3.05) is 32.6 Å². The van der Waals surface area contributed by atoms with Crippen LogP contribution in [0.15, 0.2) is 6.07 Å². The van der Waals surface area contributed by atoms with Gasteiger partial charge in [0.05, 0.1) is 5.39 Å². The third-order valence-electron chi connectivity index (χ3n) is 3.83. The summed E-state index contributed by atoms with van der Waals surface area (Å²) in [5.74, 6) is 1.32. The first-order valence-corrected chi connectivity index (χ1v) is 8.34. The fourth-order valence-electron chi connectivity index (χ4n) is 2.33. The fourth-order valence-corrected chi connectivity index (χ4v) is 3.28. The van der Waals surface area contributed by atoms with Crippen molar-refractivity contribution in [1.82, 2.24) is 14.9 Å². The molecule has 0 radical (unpaired) electrons. The van der Waals surface area contributed by atoms with Gasteiger partial charge in [-0.05, 0) is 32.4 Å². The van der Waals surface area contributed by atoms with Crippen LogP contribution in [-0.4, -0.2) is 48.2 Å². The summed E-state index contributed by atoms with van der Waals surface area (Å²) in [5.41, 5.74) is 0. The van der Waals surface area contributed by atoms with Gasteiger partial charge in [-0.3, -0.25) is 0 Å². The molecule has 114 valence electrons. The SMILES string of the molecule is CCc1cc2c(OCCN(C)C3CC3)nc(NC)nc2s1. The Hall–Kier alpha value is -1.40. The summed E-state index contributed by atoms with van der Waals surface area (Å²) in [6, 6.07) is 2.92. The number of fused-ring (bicyclic) bond motifs is 1. The smallest absolute Gasteiger partial charge is 0.227 e. The van der Waals surface area contributed by atoms with Crippen LogP contribution in [-0.2, 0) is 6.42 Å². The zero-order valence-electron chi connectivity index (χ0n) is 12.8. The van der Waals surface area contributed by atoms with E-state index in [1.165, 1.54) is 17.7 Å². The molecule has 1 fully saturated rings. The molecule has 1 aliphatic rings. The van der Waals surface area contributed by atoms with Crippen LogP contribution in [0.5, 0.6) is 5.88 Å². The van der Waals surface area contributed by atoms with E-state index in [2.05, 4.69) is 40.2 Å². The minimum Gasteiger partial charge on any atom is -0.476 e. The second-order valence-electron chi connectivity index (χ2n) is 5.45. The van der Waals surface area contributed by atoms with Crippen LogP contribution in [0.3, 0.4) is 0 Å². The Bertz CT molecular complexity index is 623. The Morgan fingerprint density at radius 3 is 2.90 bits per heavy atom. The number of nitrogens with zero attached hydrogens (tertiary/aromatic N) is 3. The number of aromatic nitrogens is 2. The Morgan fingerprint density at radius 1 is 1.43 bits per heavy atom. The molecule has 0 aromatic carbocycles. The molecule has 6 heteroatoms. The van der Waals surface area contributed by atoms with Gasteiger partial charge in [0.25, 0.3) is 0 Å². The maximum absolute atomic E-state index is 5.94. The third-order valence-corrected chi connectivity index (χ3v) is 5.01. The van der Waals surface area contributed by atoms with Crippen LogP contribution in [0.2, 0.25) is 0 Å².